The molecule has 0 aliphatic carbocycles. The average molecular weight is 486 g/mol. The van der Waals surface area contributed by atoms with E-state index in [4.69, 9.17) is 9.47 Å². The normalized spacial score (nSPS) is 13.5. The standard InChI is InChI=1S/C21H15IN2O4/c1-27-17-10-12(9-16(22)19(17)28-2)11-23-24-20(25)14-7-3-5-13-6-4-8-15(18(13)14)21(24)26/h3-11H,1-2H3/b23-11+. The first-order valence-electron chi connectivity index (χ1n) is 8.41. The van der Waals surface area contributed by atoms with Crippen LogP contribution in [-0.4, -0.2) is 37.3 Å². The van der Waals surface area contributed by atoms with Gasteiger partial charge in [-0.05, 0) is 57.8 Å². The predicted molar refractivity (Wildman–Crippen MR) is 114 cm³/mol. The number of rotatable bonds is 4. The third-order valence-electron chi connectivity index (χ3n) is 4.53. The number of carbonyl (C=O) groups excluding carboxylic acids is 2. The minimum absolute atomic E-state index is 0.444. The first-order valence-corrected chi connectivity index (χ1v) is 9.49. The summed E-state index contributed by atoms with van der Waals surface area (Å²) in [6, 6.07) is 14.4. The van der Waals surface area contributed by atoms with Gasteiger partial charge in [0.25, 0.3) is 11.8 Å². The van der Waals surface area contributed by atoms with Crippen LogP contribution in [0.2, 0.25) is 0 Å². The molecule has 1 aliphatic heterocycles. The second kappa shape index (κ2) is 7.23. The number of amides is 2. The summed E-state index contributed by atoms with van der Waals surface area (Å²) in [7, 11) is 3.11. The molecular weight excluding hydrogens is 471 g/mol. The van der Waals surface area contributed by atoms with Crippen molar-refractivity contribution in [2.24, 2.45) is 5.10 Å². The third kappa shape index (κ3) is 2.91. The van der Waals surface area contributed by atoms with E-state index in [0.29, 0.717) is 33.6 Å². The number of hydrogen-bond acceptors (Lipinski definition) is 5. The highest BCUT2D eigenvalue weighted by Crippen LogP contribution is 2.33. The van der Waals surface area contributed by atoms with E-state index in [0.717, 1.165) is 14.0 Å². The fraction of sp³-hybridized carbons (Fsp3) is 0.0952. The topological polar surface area (TPSA) is 68.2 Å². The molecule has 0 spiro atoms. The monoisotopic (exact) mass is 486 g/mol. The van der Waals surface area contributed by atoms with Crippen molar-refractivity contribution < 1.29 is 19.1 Å². The maximum Gasteiger partial charge on any atom is 0.282 e. The van der Waals surface area contributed by atoms with Gasteiger partial charge in [-0.3, -0.25) is 9.59 Å². The fourth-order valence-corrected chi connectivity index (χ4v) is 4.11. The van der Waals surface area contributed by atoms with E-state index < -0.39 is 11.8 Å². The van der Waals surface area contributed by atoms with Crippen LogP contribution in [0.4, 0.5) is 0 Å². The second-order valence-electron chi connectivity index (χ2n) is 6.11. The van der Waals surface area contributed by atoms with E-state index in [1.807, 2.05) is 18.2 Å². The Hall–Kier alpha value is -2.94. The summed E-state index contributed by atoms with van der Waals surface area (Å²) >= 11 is 2.13. The molecule has 0 saturated carbocycles. The van der Waals surface area contributed by atoms with Crippen LogP contribution in [0.3, 0.4) is 0 Å². The lowest BCUT2D eigenvalue weighted by molar-refractivity contribution is 0.0616. The molecule has 140 valence electrons. The van der Waals surface area contributed by atoms with Crippen LogP contribution < -0.4 is 9.47 Å². The predicted octanol–water partition coefficient (Wildman–Crippen LogP) is 4.09. The Labute approximate surface area is 174 Å². The number of nitrogens with zero attached hydrogens (tertiary/aromatic N) is 2. The smallest absolute Gasteiger partial charge is 0.282 e. The quantitative estimate of drug-likeness (QED) is 0.317. The molecule has 0 saturated heterocycles. The average Bonchev–Trinajstić information content (AvgIpc) is 2.71. The van der Waals surface area contributed by atoms with E-state index in [2.05, 4.69) is 27.7 Å². The van der Waals surface area contributed by atoms with E-state index >= 15 is 0 Å². The Kier molecular flexibility index (Phi) is 4.76. The molecule has 0 unspecified atom stereocenters. The number of benzene rings is 3. The number of ether oxygens (including phenoxy) is 2. The van der Waals surface area contributed by atoms with Gasteiger partial charge in [0.2, 0.25) is 0 Å². The SMILES string of the molecule is COc1cc(/C=N/N2C(=O)c3cccc4cccc(c34)C2=O)cc(I)c1OC. The highest BCUT2D eigenvalue weighted by atomic mass is 127. The molecule has 0 N–H and O–H groups in total. The molecular formula is C21H15IN2O4. The molecule has 2 amide bonds. The van der Waals surface area contributed by atoms with E-state index in [1.165, 1.54) is 6.21 Å². The minimum Gasteiger partial charge on any atom is -0.493 e. The summed E-state index contributed by atoms with van der Waals surface area (Å²) in [5, 5.41) is 6.62. The van der Waals surface area contributed by atoms with Crippen LogP contribution in [0.25, 0.3) is 10.8 Å². The number of imide groups is 1. The van der Waals surface area contributed by atoms with Gasteiger partial charge in [-0.25, -0.2) is 0 Å². The van der Waals surface area contributed by atoms with Crippen LogP contribution in [0.5, 0.6) is 11.5 Å². The fourth-order valence-electron chi connectivity index (χ4n) is 3.26. The molecule has 0 atom stereocenters. The maximum atomic E-state index is 12.9. The number of hydrazone groups is 1. The van der Waals surface area contributed by atoms with Gasteiger partial charge in [-0.1, -0.05) is 24.3 Å². The Morgan fingerprint density at radius 1 is 0.964 bits per heavy atom. The lowest BCUT2D eigenvalue weighted by atomic mass is 9.95. The van der Waals surface area contributed by atoms with Crippen molar-refractivity contribution in [3.8, 4) is 11.5 Å². The Morgan fingerprint density at radius 2 is 1.61 bits per heavy atom. The van der Waals surface area contributed by atoms with E-state index in [1.54, 1.807) is 44.6 Å². The van der Waals surface area contributed by atoms with Crippen LogP contribution >= 0.6 is 22.6 Å². The number of carbonyl (C=O) groups is 2. The summed E-state index contributed by atoms with van der Waals surface area (Å²) in [6.45, 7) is 0. The van der Waals surface area contributed by atoms with Crippen LogP contribution in [-0.2, 0) is 0 Å². The molecule has 28 heavy (non-hydrogen) atoms. The van der Waals surface area contributed by atoms with Gasteiger partial charge in [-0.2, -0.15) is 10.1 Å². The van der Waals surface area contributed by atoms with Crippen molar-refractivity contribution in [1.29, 1.82) is 0 Å². The molecule has 3 aromatic carbocycles. The van der Waals surface area contributed by atoms with Crippen molar-refractivity contribution >= 4 is 51.4 Å². The van der Waals surface area contributed by atoms with Crippen LogP contribution in [0, 0.1) is 3.57 Å². The van der Waals surface area contributed by atoms with Gasteiger partial charge in [0.15, 0.2) is 11.5 Å². The molecule has 0 aromatic heterocycles. The van der Waals surface area contributed by atoms with Crippen LogP contribution in [0.1, 0.15) is 26.3 Å². The first kappa shape index (κ1) is 18.4. The second-order valence-corrected chi connectivity index (χ2v) is 7.28. The Bertz CT molecular complexity index is 1110. The summed E-state index contributed by atoms with van der Waals surface area (Å²) in [5.41, 5.74) is 1.61. The van der Waals surface area contributed by atoms with Crippen LogP contribution in [0.15, 0.2) is 53.6 Å². The molecule has 7 heteroatoms. The zero-order valence-electron chi connectivity index (χ0n) is 15.1. The van der Waals surface area contributed by atoms with Crippen molar-refractivity contribution in [3.63, 3.8) is 0 Å². The number of methoxy groups -OCH3 is 2. The summed E-state index contributed by atoms with van der Waals surface area (Å²) in [4.78, 5) is 25.7. The summed E-state index contributed by atoms with van der Waals surface area (Å²) < 4.78 is 11.5. The highest BCUT2D eigenvalue weighted by molar-refractivity contribution is 14.1. The van der Waals surface area contributed by atoms with E-state index in [-0.39, 0.29) is 0 Å². The first-order chi connectivity index (χ1) is 13.5. The maximum absolute atomic E-state index is 12.9. The van der Waals surface area contributed by atoms with Crippen molar-refractivity contribution in [1.82, 2.24) is 5.01 Å². The lowest BCUT2D eigenvalue weighted by Crippen LogP contribution is -2.36. The lowest BCUT2D eigenvalue weighted by Gasteiger charge is -2.23. The highest BCUT2D eigenvalue weighted by Gasteiger charge is 2.32. The minimum atomic E-state index is -0.444. The molecule has 6 nitrogen and oxygen atoms in total. The Morgan fingerprint density at radius 3 is 2.18 bits per heavy atom. The number of halogens is 1. The zero-order chi connectivity index (χ0) is 19.8. The molecule has 4 rings (SSSR count). The molecule has 1 aliphatic rings. The number of hydrogen-bond donors (Lipinski definition) is 0. The summed E-state index contributed by atoms with van der Waals surface area (Å²) in [5.74, 6) is 0.273. The van der Waals surface area contributed by atoms with E-state index in [9.17, 15) is 9.59 Å². The molecule has 3 aromatic rings. The molecule has 1 heterocycles. The molecule has 0 fully saturated rings. The Balaban J connectivity index is 1.75. The third-order valence-corrected chi connectivity index (χ3v) is 5.33. The van der Waals surface area contributed by atoms with Gasteiger partial charge in [0.1, 0.15) is 0 Å². The van der Waals surface area contributed by atoms with Crippen molar-refractivity contribution in [3.05, 3.63) is 68.8 Å². The van der Waals surface area contributed by atoms with Gasteiger partial charge in [0, 0.05) is 5.39 Å². The van der Waals surface area contributed by atoms with Gasteiger partial charge in [0.05, 0.1) is 35.1 Å². The largest absolute Gasteiger partial charge is 0.493 e. The van der Waals surface area contributed by atoms with Crippen molar-refractivity contribution in [2.75, 3.05) is 14.2 Å². The zero-order valence-corrected chi connectivity index (χ0v) is 17.3. The molecule has 0 radical (unpaired) electrons. The summed E-state index contributed by atoms with van der Waals surface area (Å²) in [6.07, 6.45) is 1.47. The van der Waals surface area contributed by atoms with Crippen molar-refractivity contribution in [2.45, 2.75) is 0 Å². The van der Waals surface area contributed by atoms with Gasteiger partial charge < -0.3 is 9.47 Å². The van der Waals surface area contributed by atoms with Gasteiger partial charge in [-0.15, -0.1) is 0 Å². The van der Waals surface area contributed by atoms with Gasteiger partial charge >= 0.3 is 0 Å². The molecule has 0 bridgehead atoms.